The Kier molecular flexibility index (Phi) is 13.8. The van der Waals surface area contributed by atoms with Crippen LogP contribution in [0.15, 0.2) is 66.7 Å². The van der Waals surface area contributed by atoms with Crippen molar-refractivity contribution in [3.8, 4) is 22.5 Å². The number of rotatable bonds is 12. The number of benzene rings is 3. The predicted molar refractivity (Wildman–Crippen MR) is 221 cm³/mol. The van der Waals surface area contributed by atoms with Crippen LogP contribution in [0.2, 0.25) is 5.02 Å². The molecule has 2 heterocycles. The summed E-state index contributed by atoms with van der Waals surface area (Å²) >= 11 is 6.69. The number of amides is 5. The average Bonchev–Trinajstić information content (AvgIpc) is 3.76. The SMILES string of the molecule is CC(C)(C)OC(=O)NC[C@H]1CC[C@H](C(=O)N[C@@H](Cc2ccc(-c3ccc(C(=O)NC4CCN(C(=O)O)CC4)cc3Cl)cc2)C(=O)Nc2ccc(-c3nn[nH]n3)cc2)CC1. The van der Waals surface area contributed by atoms with Gasteiger partial charge in [-0.3, -0.25) is 14.4 Å². The highest BCUT2D eigenvalue weighted by Gasteiger charge is 2.31. The number of likely N-dealkylation sites (tertiary alicyclic amines) is 1. The molecule has 1 aliphatic heterocycles. The normalized spacial score (nSPS) is 17.7. The molecule has 1 atom stereocenters. The van der Waals surface area contributed by atoms with Crippen LogP contribution < -0.4 is 21.3 Å². The highest BCUT2D eigenvalue weighted by Crippen LogP contribution is 2.31. The van der Waals surface area contributed by atoms with Gasteiger partial charge in [0.05, 0.1) is 0 Å². The molecule has 5 amide bonds. The van der Waals surface area contributed by atoms with E-state index in [1.54, 1.807) is 42.5 Å². The molecule has 2 aliphatic rings. The Morgan fingerprint density at radius 3 is 2.20 bits per heavy atom. The van der Waals surface area contributed by atoms with Crippen molar-refractivity contribution in [2.24, 2.45) is 11.8 Å². The molecule has 1 saturated carbocycles. The van der Waals surface area contributed by atoms with Crippen LogP contribution in [-0.2, 0) is 20.7 Å². The summed E-state index contributed by atoms with van der Waals surface area (Å²) in [6.07, 6.45) is 2.62. The van der Waals surface area contributed by atoms with Gasteiger partial charge in [-0.1, -0.05) is 41.9 Å². The van der Waals surface area contributed by atoms with Crippen LogP contribution in [0.1, 0.15) is 75.2 Å². The molecule has 0 spiro atoms. The first kappa shape index (κ1) is 42.6. The van der Waals surface area contributed by atoms with E-state index in [0.29, 0.717) is 78.5 Å². The summed E-state index contributed by atoms with van der Waals surface area (Å²) in [6.45, 7) is 6.64. The Hall–Kier alpha value is -6.03. The van der Waals surface area contributed by atoms with E-state index in [1.165, 1.54) is 4.90 Å². The Morgan fingerprint density at radius 1 is 0.915 bits per heavy atom. The molecule has 0 bridgehead atoms. The second-order valence-electron chi connectivity index (χ2n) is 16.1. The number of ether oxygens (including phenoxy) is 1. The zero-order valence-electron chi connectivity index (χ0n) is 33.3. The summed E-state index contributed by atoms with van der Waals surface area (Å²) in [4.78, 5) is 65.2. The number of nitrogens with one attached hydrogen (secondary N) is 5. The Morgan fingerprint density at radius 2 is 1.59 bits per heavy atom. The van der Waals surface area contributed by atoms with Crippen LogP contribution >= 0.6 is 11.6 Å². The van der Waals surface area contributed by atoms with Gasteiger partial charge in [-0.05, 0) is 118 Å². The standard InChI is InChI=1S/C42H50ClN9O7/c1-42(2,3)59-40(56)44-24-26-6-10-29(11-7-26)37(53)47-35(39(55)46-31-15-12-28(13-16-31)36-48-50-51-49-36)22-25-4-8-27(9-5-25)33-17-14-30(23-34(33)43)38(54)45-32-18-20-52(21-19-32)41(57)58/h4-5,8-9,12-17,23,26,29,32,35H,6-7,10-11,18-22,24H2,1-3H3,(H,44,56)(H,45,54)(H,46,55)(H,47,53)(H,57,58)(H,48,49,50,51)/t26-,29-,35-/m0/s1. The molecule has 0 radical (unpaired) electrons. The first-order chi connectivity index (χ1) is 28.2. The number of carboxylic acid groups (broad SMARTS) is 1. The maximum atomic E-state index is 13.8. The van der Waals surface area contributed by atoms with Crippen molar-refractivity contribution >= 4 is 47.2 Å². The average molecular weight is 828 g/mol. The number of carbonyl (C=O) groups is 5. The number of H-pyrrole nitrogens is 1. The van der Waals surface area contributed by atoms with E-state index in [-0.39, 0.29) is 42.0 Å². The molecule has 4 aromatic rings. The molecule has 2 fully saturated rings. The lowest BCUT2D eigenvalue weighted by atomic mass is 9.81. The molecule has 6 N–H and O–H groups in total. The quantitative estimate of drug-likeness (QED) is 0.0970. The lowest BCUT2D eigenvalue weighted by molar-refractivity contribution is -0.130. The maximum absolute atomic E-state index is 13.8. The topological polar surface area (TPSA) is 221 Å². The number of anilines is 1. The van der Waals surface area contributed by atoms with Gasteiger partial charge in [-0.15, -0.1) is 10.2 Å². The lowest BCUT2D eigenvalue weighted by Crippen LogP contribution is -2.48. The van der Waals surface area contributed by atoms with E-state index in [1.807, 2.05) is 45.0 Å². The van der Waals surface area contributed by atoms with Crippen molar-refractivity contribution in [1.82, 2.24) is 41.5 Å². The summed E-state index contributed by atoms with van der Waals surface area (Å²) in [5.41, 5.74) is 3.38. The number of hydrogen-bond donors (Lipinski definition) is 6. The van der Waals surface area contributed by atoms with E-state index in [2.05, 4.69) is 41.9 Å². The van der Waals surface area contributed by atoms with E-state index in [0.717, 1.165) is 24.0 Å². The van der Waals surface area contributed by atoms with Gasteiger partial charge in [-0.25, -0.2) is 9.59 Å². The molecular weight excluding hydrogens is 778 g/mol. The van der Waals surface area contributed by atoms with Crippen LogP contribution in [0.4, 0.5) is 15.3 Å². The Bertz CT molecular complexity index is 2090. The zero-order chi connectivity index (χ0) is 42.1. The molecule has 312 valence electrons. The van der Waals surface area contributed by atoms with Crippen molar-refractivity contribution in [3.05, 3.63) is 82.9 Å². The summed E-state index contributed by atoms with van der Waals surface area (Å²) < 4.78 is 5.35. The van der Waals surface area contributed by atoms with Crippen molar-refractivity contribution in [2.45, 2.75) is 83.4 Å². The second-order valence-corrected chi connectivity index (χ2v) is 16.5. The first-order valence-electron chi connectivity index (χ1n) is 19.8. The fourth-order valence-electron chi connectivity index (χ4n) is 7.32. The molecule has 0 unspecified atom stereocenters. The fraction of sp³-hybridized carbons (Fsp3) is 0.429. The van der Waals surface area contributed by atoms with Crippen molar-refractivity contribution in [1.29, 1.82) is 0 Å². The first-order valence-corrected chi connectivity index (χ1v) is 20.2. The minimum Gasteiger partial charge on any atom is -0.465 e. The molecule has 1 saturated heterocycles. The number of halogens is 1. The van der Waals surface area contributed by atoms with E-state index >= 15 is 0 Å². The van der Waals surface area contributed by atoms with E-state index in [4.69, 9.17) is 16.3 Å². The summed E-state index contributed by atoms with van der Waals surface area (Å²) in [5.74, 6) is -0.501. The van der Waals surface area contributed by atoms with Gasteiger partial charge in [0.1, 0.15) is 11.6 Å². The maximum Gasteiger partial charge on any atom is 0.407 e. The lowest BCUT2D eigenvalue weighted by Gasteiger charge is -2.30. The number of hydrogen-bond acceptors (Lipinski definition) is 9. The molecule has 16 nitrogen and oxygen atoms in total. The number of carbonyl (C=O) groups excluding carboxylic acids is 4. The molecule has 1 aliphatic carbocycles. The van der Waals surface area contributed by atoms with E-state index in [9.17, 15) is 29.1 Å². The van der Waals surface area contributed by atoms with Gasteiger partial charge in [0.15, 0.2) is 0 Å². The molecule has 59 heavy (non-hydrogen) atoms. The summed E-state index contributed by atoms with van der Waals surface area (Å²) in [5, 5.41) is 35.3. The fourth-order valence-corrected chi connectivity index (χ4v) is 7.61. The van der Waals surface area contributed by atoms with Crippen LogP contribution in [0.5, 0.6) is 0 Å². The highest BCUT2D eigenvalue weighted by atomic mass is 35.5. The van der Waals surface area contributed by atoms with Gasteiger partial charge in [0.25, 0.3) is 5.91 Å². The number of piperidine rings is 1. The zero-order valence-corrected chi connectivity index (χ0v) is 34.1. The van der Waals surface area contributed by atoms with Gasteiger partial charge < -0.3 is 36.0 Å². The number of nitrogens with zero attached hydrogens (tertiary/aromatic N) is 4. The Balaban J connectivity index is 1.09. The number of aromatic amines is 1. The van der Waals surface area contributed by atoms with Crippen LogP contribution in [0.3, 0.4) is 0 Å². The smallest absolute Gasteiger partial charge is 0.407 e. The second kappa shape index (κ2) is 19.1. The third kappa shape index (κ3) is 12.0. The van der Waals surface area contributed by atoms with Crippen molar-refractivity contribution < 1.29 is 33.8 Å². The monoisotopic (exact) mass is 827 g/mol. The number of alkyl carbamates (subject to hydrolysis) is 1. The van der Waals surface area contributed by atoms with Gasteiger partial charge in [0.2, 0.25) is 17.6 Å². The van der Waals surface area contributed by atoms with Gasteiger partial charge >= 0.3 is 12.2 Å². The van der Waals surface area contributed by atoms with Crippen LogP contribution in [-0.4, -0.2) is 97.9 Å². The molecule has 3 aromatic carbocycles. The molecule has 17 heteroatoms. The van der Waals surface area contributed by atoms with Gasteiger partial charge in [0, 0.05) is 65.4 Å². The summed E-state index contributed by atoms with van der Waals surface area (Å²) in [7, 11) is 0. The number of tetrazole rings is 1. The predicted octanol–water partition coefficient (Wildman–Crippen LogP) is 6.06. The van der Waals surface area contributed by atoms with Crippen molar-refractivity contribution in [2.75, 3.05) is 25.0 Å². The minimum absolute atomic E-state index is 0.127. The minimum atomic E-state index is -0.958. The van der Waals surface area contributed by atoms with Crippen molar-refractivity contribution in [3.63, 3.8) is 0 Å². The molecule has 1 aromatic heterocycles. The summed E-state index contributed by atoms with van der Waals surface area (Å²) in [6, 6.07) is 18.6. The molecular formula is C42H50ClN9O7. The van der Waals surface area contributed by atoms with E-state index < -0.39 is 23.8 Å². The van der Waals surface area contributed by atoms with Crippen LogP contribution in [0, 0.1) is 11.8 Å². The largest absolute Gasteiger partial charge is 0.465 e. The third-order valence-electron chi connectivity index (χ3n) is 10.6. The highest BCUT2D eigenvalue weighted by molar-refractivity contribution is 6.33. The van der Waals surface area contributed by atoms with Gasteiger partial charge in [-0.2, -0.15) is 5.21 Å². The molecule has 6 rings (SSSR count). The van der Waals surface area contributed by atoms with Crippen LogP contribution in [0.25, 0.3) is 22.5 Å². The number of aromatic nitrogens is 4. The third-order valence-corrected chi connectivity index (χ3v) is 10.9. The Labute approximate surface area is 347 Å².